The quantitative estimate of drug-likeness (QED) is 0.804. The Labute approximate surface area is 129 Å². The van der Waals surface area contributed by atoms with Gasteiger partial charge in [0.2, 0.25) is 0 Å². The van der Waals surface area contributed by atoms with Gasteiger partial charge in [0.15, 0.2) is 5.82 Å². The van der Waals surface area contributed by atoms with Crippen molar-refractivity contribution in [3.8, 4) is 0 Å². The van der Waals surface area contributed by atoms with E-state index in [0.717, 1.165) is 0 Å². The summed E-state index contributed by atoms with van der Waals surface area (Å²) in [5.41, 5.74) is 7.66. The van der Waals surface area contributed by atoms with Crippen LogP contribution in [0.2, 0.25) is 0 Å². The number of nitrogens with one attached hydrogen (secondary N) is 1. The smallest absolute Gasteiger partial charge is 0.161 e. The Bertz CT molecular complexity index is 625. The molecule has 0 aliphatic carbocycles. The monoisotopic (exact) mass is 358 g/mol. The van der Waals surface area contributed by atoms with Crippen molar-refractivity contribution in [3.63, 3.8) is 0 Å². The lowest BCUT2D eigenvalue weighted by Gasteiger charge is -2.11. The minimum absolute atomic E-state index is 0.173. The van der Waals surface area contributed by atoms with Crippen molar-refractivity contribution < 1.29 is 4.39 Å². The Hall–Kier alpha value is -0.980. The summed E-state index contributed by atoms with van der Waals surface area (Å²) in [6.45, 7) is 2.63. The third-order valence-corrected chi connectivity index (χ3v) is 4.77. The fraction of sp³-hybridized carbons (Fsp3) is 0.154. The summed E-state index contributed by atoms with van der Waals surface area (Å²) in [4.78, 5) is 1.36. The zero-order valence-electron chi connectivity index (χ0n) is 10.2. The average Bonchev–Trinajstić information content (AvgIpc) is 2.76. The van der Waals surface area contributed by atoms with Gasteiger partial charge in [-0.05, 0) is 52.0 Å². The predicted octanol–water partition coefficient (Wildman–Crippen LogP) is 4.20. The molecule has 2 aromatic rings. The van der Waals surface area contributed by atoms with Gasteiger partial charge in [-0.1, -0.05) is 12.2 Å². The first-order chi connectivity index (χ1) is 9.00. The van der Waals surface area contributed by atoms with Crippen molar-refractivity contribution in [2.45, 2.75) is 13.5 Å². The highest BCUT2D eigenvalue weighted by atomic mass is 79.9. The minimum atomic E-state index is -0.375. The minimum Gasteiger partial charge on any atom is -0.389 e. The Morgan fingerprint density at radius 2 is 2.21 bits per heavy atom. The number of rotatable bonds is 4. The standard InChI is InChI=1S/C13H12BrFN2S2/c1-7-4-5-19-10(7)6-17-9-3-2-8(13(16)18)11(14)12(9)15/h2-5,17H,6H2,1H3,(H2,16,18). The third kappa shape index (κ3) is 3.13. The van der Waals surface area contributed by atoms with E-state index in [4.69, 9.17) is 18.0 Å². The fourth-order valence-electron chi connectivity index (χ4n) is 1.64. The zero-order valence-corrected chi connectivity index (χ0v) is 13.4. The maximum atomic E-state index is 14.1. The maximum Gasteiger partial charge on any atom is 0.161 e. The molecule has 0 amide bonds. The molecule has 0 saturated carbocycles. The number of benzene rings is 1. The second-order valence-corrected chi connectivity index (χ2v) is 6.27. The fourth-order valence-corrected chi connectivity index (χ4v) is 3.34. The second-order valence-electron chi connectivity index (χ2n) is 4.03. The van der Waals surface area contributed by atoms with Crippen LogP contribution in [0.3, 0.4) is 0 Å². The van der Waals surface area contributed by atoms with E-state index in [2.05, 4.69) is 21.2 Å². The van der Waals surface area contributed by atoms with Crippen LogP contribution in [0.1, 0.15) is 16.0 Å². The molecule has 0 fully saturated rings. The number of anilines is 1. The van der Waals surface area contributed by atoms with Crippen molar-refractivity contribution in [2.24, 2.45) is 5.73 Å². The molecule has 1 heterocycles. The molecule has 6 heteroatoms. The molecule has 0 spiro atoms. The van der Waals surface area contributed by atoms with E-state index in [1.807, 2.05) is 18.4 Å². The molecule has 19 heavy (non-hydrogen) atoms. The number of hydrogen-bond donors (Lipinski definition) is 2. The van der Waals surface area contributed by atoms with Crippen LogP contribution in [0.15, 0.2) is 28.1 Å². The number of nitrogens with two attached hydrogens (primary N) is 1. The molecule has 2 rings (SSSR count). The van der Waals surface area contributed by atoms with Crippen LogP contribution in [-0.4, -0.2) is 4.99 Å². The molecule has 0 radical (unpaired) electrons. The van der Waals surface area contributed by atoms with Crippen molar-refractivity contribution in [2.75, 3.05) is 5.32 Å². The molecule has 0 bridgehead atoms. The van der Waals surface area contributed by atoms with Crippen molar-refractivity contribution in [1.29, 1.82) is 0 Å². The van der Waals surface area contributed by atoms with Gasteiger partial charge in [0.25, 0.3) is 0 Å². The molecular weight excluding hydrogens is 347 g/mol. The molecule has 1 aromatic heterocycles. The van der Waals surface area contributed by atoms with E-state index >= 15 is 0 Å². The van der Waals surface area contributed by atoms with Crippen LogP contribution in [0.25, 0.3) is 0 Å². The number of aryl methyl sites for hydroxylation is 1. The van der Waals surface area contributed by atoms with E-state index < -0.39 is 0 Å². The molecule has 0 saturated heterocycles. The largest absolute Gasteiger partial charge is 0.389 e. The normalized spacial score (nSPS) is 10.5. The predicted molar refractivity (Wildman–Crippen MR) is 86.4 cm³/mol. The van der Waals surface area contributed by atoms with Gasteiger partial charge in [0.1, 0.15) is 4.99 Å². The summed E-state index contributed by atoms with van der Waals surface area (Å²) < 4.78 is 14.4. The molecular formula is C13H12BrFN2S2. The van der Waals surface area contributed by atoms with E-state index in [-0.39, 0.29) is 10.8 Å². The van der Waals surface area contributed by atoms with E-state index in [0.29, 0.717) is 22.3 Å². The van der Waals surface area contributed by atoms with Gasteiger partial charge in [-0.15, -0.1) is 11.3 Å². The lowest BCUT2D eigenvalue weighted by atomic mass is 10.2. The van der Waals surface area contributed by atoms with Crippen LogP contribution in [0.5, 0.6) is 0 Å². The summed E-state index contributed by atoms with van der Waals surface area (Å²) in [6, 6.07) is 5.40. The van der Waals surface area contributed by atoms with Crippen LogP contribution >= 0.6 is 39.5 Å². The molecule has 0 aliphatic rings. The highest BCUT2D eigenvalue weighted by molar-refractivity contribution is 9.10. The maximum absolute atomic E-state index is 14.1. The van der Waals surface area contributed by atoms with Gasteiger partial charge in [0.05, 0.1) is 10.2 Å². The van der Waals surface area contributed by atoms with Crippen molar-refractivity contribution in [3.05, 3.63) is 49.9 Å². The summed E-state index contributed by atoms with van der Waals surface area (Å²) in [6.07, 6.45) is 0. The third-order valence-electron chi connectivity index (χ3n) is 2.76. The zero-order chi connectivity index (χ0) is 14.0. The Kier molecular flexibility index (Phi) is 4.54. The Balaban J connectivity index is 2.20. The van der Waals surface area contributed by atoms with Crippen LogP contribution in [0.4, 0.5) is 10.1 Å². The summed E-state index contributed by atoms with van der Waals surface area (Å²) >= 11 is 9.70. The molecule has 100 valence electrons. The lowest BCUT2D eigenvalue weighted by Crippen LogP contribution is -2.12. The molecule has 0 atom stereocenters. The SMILES string of the molecule is Cc1ccsc1CNc1ccc(C(N)=S)c(Br)c1F. The number of halogens is 2. The van der Waals surface area contributed by atoms with Crippen LogP contribution in [0, 0.1) is 12.7 Å². The molecule has 3 N–H and O–H groups in total. The summed E-state index contributed by atoms with van der Waals surface area (Å²) in [5.74, 6) is -0.375. The van der Waals surface area contributed by atoms with Gasteiger partial charge in [-0.25, -0.2) is 4.39 Å². The first-order valence-electron chi connectivity index (χ1n) is 5.55. The van der Waals surface area contributed by atoms with Gasteiger partial charge >= 0.3 is 0 Å². The number of thiocarbonyl (C=S) groups is 1. The first-order valence-corrected chi connectivity index (χ1v) is 7.63. The van der Waals surface area contributed by atoms with E-state index in [1.165, 1.54) is 10.4 Å². The van der Waals surface area contributed by atoms with Crippen LogP contribution < -0.4 is 11.1 Å². The summed E-state index contributed by atoms with van der Waals surface area (Å²) in [5, 5.41) is 5.11. The van der Waals surface area contributed by atoms with Crippen molar-refractivity contribution in [1.82, 2.24) is 0 Å². The number of thiophene rings is 1. The molecule has 2 nitrogen and oxygen atoms in total. The van der Waals surface area contributed by atoms with Gasteiger partial charge in [-0.2, -0.15) is 0 Å². The first kappa shape index (κ1) is 14.4. The second kappa shape index (κ2) is 5.98. The average molecular weight is 359 g/mol. The Morgan fingerprint density at radius 1 is 1.47 bits per heavy atom. The van der Waals surface area contributed by atoms with Gasteiger partial charge < -0.3 is 11.1 Å². The summed E-state index contributed by atoms with van der Waals surface area (Å²) in [7, 11) is 0. The number of hydrogen-bond acceptors (Lipinski definition) is 3. The topological polar surface area (TPSA) is 38.0 Å². The van der Waals surface area contributed by atoms with Crippen LogP contribution in [-0.2, 0) is 6.54 Å². The molecule has 0 aliphatic heterocycles. The van der Waals surface area contributed by atoms with Crippen molar-refractivity contribution >= 4 is 50.2 Å². The van der Waals surface area contributed by atoms with E-state index in [1.54, 1.807) is 23.5 Å². The van der Waals surface area contributed by atoms with E-state index in [9.17, 15) is 4.39 Å². The van der Waals surface area contributed by atoms with Gasteiger partial charge in [0, 0.05) is 17.0 Å². The highest BCUT2D eigenvalue weighted by Crippen LogP contribution is 2.28. The molecule has 0 unspecified atom stereocenters. The highest BCUT2D eigenvalue weighted by Gasteiger charge is 2.13. The Morgan fingerprint density at radius 3 is 2.79 bits per heavy atom. The van der Waals surface area contributed by atoms with Gasteiger partial charge in [-0.3, -0.25) is 0 Å². The molecule has 1 aromatic carbocycles. The lowest BCUT2D eigenvalue weighted by molar-refractivity contribution is 0.623.